The fraction of sp³-hybridized carbons (Fsp3) is 0.520. The number of rotatable bonds is 4. The standard InChI is InChI=1S/C25H33N5O2/c1-16-7-8-19(12-17(16)2)13-23(32)30-11-9-22-21(15-30)25(26-4)28-24(27-22)20-6-5-10-29(14-20)18(3)31/h7-8,12,20H,5-6,9-11,13-15H2,1-4H3,(H,26,27,28)/t20-/m0/s1. The second-order valence-electron chi connectivity index (χ2n) is 9.07. The van der Waals surface area contributed by atoms with Gasteiger partial charge in [0.25, 0.3) is 0 Å². The van der Waals surface area contributed by atoms with Gasteiger partial charge in [-0.15, -0.1) is 0 Å². The number of nitrogens with one attached hydrogen (secondary N) is 1. The van der Waals surface area contributed by atoms with Crippen LogP contribution in [-0.4, -0.2) is 58.3 Å². The van der Waals surface area contributed by atoms with E-state index < -0.39 is 0 Å². The molecule has 170 valence electrons. The molecule has 0 aliphatic carbocycles. The molecule has 1 atom stereocenters. The first-order valence-electron chi connectivity index (χ1n) is 11.5. The molecule has 3 heterocycles. The Morgan fingerprint density at radius 2 is 1.94 bits per heavy atom. The van der Waals surface area contributed by atoms with Crippen LogP contribution in [0.4, 0.5) is 5.82 Å². The van der Waals surface area contributed by atoms with E-state index in [1.54, 1.807) is 6.92 Å². The summed E-state index contributed by atoms with van der Waals surface area (Å²) >= 11 is 0. The number of carbonyl (C=O) groups is 2. The highest BCUT2D eigenvalue weighted by Crippen LogP contribution is 2.30. The van der Waals surface area contributed by atoms with E-state index in [0.29, 0.717) is 26.1 Å². The summed E-state index contributed by atoms with van der Waals surface area (Å²) < 4.78 is 0. The van der Waals surface area contributed by atoms with Gasteiger partial charge in [-0.2, -0.15) is 0 Å². The molecule has 1 fully saturated rings. The number of nitrogens with zero attached hydrogens (tertiary/aromatic N) is 4. The molecule has 2 amide bonds. The molecule has 32 heavy (non-hydrogen) atoms. The number of amides is 2. The average Bonchev–Trinajstić information content (AvgIpc) is 2.80. The zero-order valence-corrected chi connectivity index (χ0v) is 19.6. The first kappa shape index (κ1) is 22.2. The summed E-state index contributed by atoms with van der Waals surface area (Å²) in [5, 5.41) is 3.22. The highest BCUT2D eigenvalue weighted by molar-refractivity contribution is 5.79. The van der Waals surface area contributed by atoms with Crippen molar-refractivity contribution >= 4 is 17.6 Å². The lowest BCUT2D eigenvalue weighted by Crippen LogP contribution is -2.39. The molecule has 7 heteroatoms. The lowest BCUT2D eigenvalue weighted by molar-refractivity contribution is -0.131. The van der Waals surface area contributed by atoms with E-state index in [4.69, 9.17) is 9.97 Å². The van der Waals surface area contributed by atoms with Gasteiger partial charge in [-0.25, -0.2) is 9.97 Å². The molecule has 2 aromatic rings. The summed E-state index contributed by atoms with van der Waals surface area (Å²) in [4.78, 5) is 38.4. The van der Waals surface area contributed by atoms with Crippen LogP contribution >= 0.6 is 0 Å². The molecule has 1 aromatic carbocycles. The maximum Gasteiger partial charge on any atom is 0.227 e. The summed E-state index contributed by atoms with van der Waals surface area (Å²) in [7, 11) is 1.87. The predicted molar refractivity (Wildman–Crippen MR) is 125 cm³/mol. The Labute approximate surface area is 190 Å². The van der Waals surface area contributed by atoms with Crippen molar-refractivity contribution in [2.75, 3.05) is 32.0 Å². The van der Waals surface area contributed by atoms with Crippen LogP contribution in [0.1, 0.15) is 59.5 Å². The van der Waals surface area contributed by atoms with Gasteiger partial charge in [0.05, 0.1) is 18.7 Å². The normalized spacial score (nSPS) is 18.3. The molecule has 2 aliphatic rings. The van der Waals surface area contributed by atoms with Gasteiger partial charge >= 0.3 is 0 Å². The van der Waals surface area contributed by atoms with Crippen LogP contribution < -0.4 is 5.32 Å². The van der Waals surface area contributed by atoms with E-state index in [1.165, 1.54) is 11.1 Å². The van der Waals surface area contributed by atoms with Gasteiger partial charge in [0.2, 0.25) is 11.8 Å². The third-order valence-electron chi connectivity index (χ3n) is 6.83. The highest BCUT2D eigenvalue weighted by atomic mass is 16.2. The Morgan fingerprint density at radius 1 is 1.12 bits per heavy atom. The summed E-state index contributed by atoms with van der Waals surface area (Å²) in [6, 6.07) is 6.23. The minimum atomic E-state index is 0.111. The number of hydrogen-bond donors (Lipinski definition) is 1. The summed E-state index contributed by atoms with van der Waals surface area (Å²) in [6.45, 7) is 8.47. The lowest BCUT2D eigenvalue weighted by atomic mass is 9.96. The number of aromatic nitrogens is 2. The van der Waals surface area contributed by atoms with Crippen molar-refractivity contribution in [2.24, 2.45) is 0 Å². The van der Waals surface area contributed by atoms with Crippen LogP contribution in [0, 0.1) is 13.8 Å². The van der Waals surface area contributed by atoms with Crippen molar-refractivity contribution < 1.29 is 9.59 Å². The van der Waals surface area contributed by atoms with Gasteiger partial charge in [-0.1, -0.05) is 18.2 Å². The summed E-state index contributed by atoms with van der Waals surface area (Å²) in [6.07, 6.45) is 3.10. The van der Waals surface area contributed by atoms with Crippen LogP contribution in [0.25, 0.3) is 0 Å². The van der Waals surface area contributed by atoms with Crippen LogP contribution in [0.2, 0.25) is 0 Å². The molecular formula is C25H33N5O2. The lowest BCUT2D eigenvalue weighted by Gasteiger charge is -2.33. The largest absolute Gasteiger partial charge is 0.373 e. The van der Waals surface area contributed by atoms with Crippen molar-refractivity contribution in [3.05, 3.63) is 52.0 Å². The van der Waals surface area contributed by atoms with Crippen molar-refractivity contribution in [1.29, 1.82) is 0 Å². The van der Waals surface area contributed by atoms with Gasteiger partial charge in [0.1, 0.15) is 11.6 Å². The maximum atomic E-state index is 13.0. The van der Waals surface area contributed by atoms with Gasteiger partial charge < -0.3 is 15.1 Å². The third-order valence-corrected chi connectivity index (χ3v) is 6.83. The number of hydrogen-bond acceptors (Lipinski definition) is 5. The Balaban J connectivity index is 1.51. The number of anilines is 1. The Kier molecular flexibility index (Phi) is 6.44. The molecule has 1 aromatic heterocycles. The second kappa shape index (κ2) is 9.27. The number of aryl methyl sites for hydroxylation is 2. The molecule has 0 bridgehead atoms. The molecule has 0 saturated carbocycles. The van der Waals surface area contributed by atoms with Crippen LogP contribution in [0.5, 0.6) is 0 Å². The Bertz CT molecular complexity index is 1020. The zero-order valence-electron chi connectivity index (χ0n) is 19.6. The van der Waals surface area contributed by atoms with E-state index in [1.807, 2.05) is 22.9 Å². The summed E-state index contributed by atoms with van der Waals surface area (Å²) in [5.41, 5.74) is 5.54. The SMILES string of the molecule is CNc1nc([C@H]2CCCN(C(C)=O)C2)nc2c1CN(C(=O)Cc1ccc(C)c(C)c1)CC2. The van der Waals surface area contributed by atoms with Crippen molar-refractivity contribution in [2.45, 2.75) is 58.9 Å². The molecule has 0 spiro atoms. The highest BCUT2D eigenvalue weighted by Gasteiger charge is 2.29. The second-order valence-corrected chi connectivity index (χ2v) is 9.07. The van der Waals surface area contributed by atoms with Gasteiger partial charge in [-0.05, 0) is 43.4 Å². The van der Waals surface area contributed by atoms with E-state index in [0.717, 1.165) is 54.3 Å². The topological polar surface area (TPSA) is 78.4 Å². The van der Waals surface area contributed by atoms with E-state index in [9.17, 15) is 9.59 Å². The van der Waals surface area contributed by atoms with Crippen LogP contribution in [0.15, 0.2) is 18.2 Å². The Hall–Kier alpha value is -2.96. The van der Waals surface area contributed by atoms with Crippen molar-refractivity contribution in [3.8, 4) is 0 Å². The minimum Gasteiger partial charge on any atom is -0.373 e. The first-order chi connectivity index (χ1) is 15.4. The van der Waals surface area contributed by atoms with E-state index in [2.05, 4.69) is 31.3 Å². The molecule has 1 N–H and O–H groups in total. The molecule has 0 unspecified atom stereocenters. The van der Waals surface area contributed by atoms with Crippen LogP contribution in [0.3, 0.4) is 0 Å². The number of carbonyl (C=O) groups excluding carboxylic acids is 2. The fourth-order valence-corrected chi connectivity index (χ4v) is 4.71. The summed E-state index contributed by atoms with van der Waals surface area (Å²) in [5.74, 6) is 2.02. The van der Waals surface area contributed by atoms with E-state index in [-0.39, 0.29) is 17.7 Å². The zero-order chi connectivity index (χ0) is 22.8. The Morgan fingerprint density at radius 3 is 2.66 bits per heavy atom. The van der Waals surface area contributed by atoms with E-state index >= 15 is 0 Å². The minimum absolute atomic E-state index is 0.111. The van der Waals surface area contributed by atoms with Gasteiger partial charge in [0, 0.05) is 51.5 Å². The quantitative estimate of drug-likeness (QED) is 0.799. The number of likely N-dealkylation sites (tertiary alicyclic amines) is 1. The molecule has 0 radical (unpaired) electrons. The molecular weight excluding hydrogens is 402 g/mol. The number of piperidine rings is 1. The molecule has 2 aliphatic heterocycles. The predicted octanol–water partition coefficient (Wildman–Crippen LogP) is 2.99. The fourth-order valence-electron chi connectivity index (χ4n) is 4.71. The smallest absolute Gasteiger partial charge is 0.227 e. The monoisotopic (exact) mass is 435 g/mol. The maximum absolute atomic E-state index is 13.0. The van der Waals surface area contributed by atoms with Crippen molar-refractivity contribution in [3.63, 3.8) is 0 Å². The molecule has 1 saturated heterocycles. The van der Waals surface area contributed by atoms with Crippen molar-refractivity contribution in [1.82, 2.24) is 19.8 Å². The molecule has 4 rings (SSSR count). The van der Waals surface area contributed by atoms with Gasteiger partial charge in [0.15, 0.2) is 0 Å². The van der Waals surface area contributed by atoms with Gasteiger partial charge in [-0.3, -0.25) is 9.59 Å². The third kappa shape index (κ3) is 4.61. The first-order valence-corrected chi connectivity index (χ1v) is 11.5. The number of fused-ring (bicyclic) bond motifs is 1. The van der Waals surface area contributed by atoms with Crippen LogP contribution in [-0.2, 0) is 29.0 Å². The number of benzene rings is 1. The average molecular weight is 436 g/mol. The molecule has 7 nitrogen and oxygen atoms in total.